The van der Waals surface area contributed by atoms with E-state index in [0.717, 1.165) is 42.1 Å². The molecule has 0 radical (unpaired) electrons. The van der Waals surface area contributed by atoms with Gasteiger partial charge >= 0.3 is 0 Å². The molecule has 1 unspecified atom stereocenters. The van der Waals surface area contributed by atoms with E-state index in [1.54, 1.807) is 6.07 Å². The molecule has 0 saturated heterocycles. The van der Waals surface area contributed by atoms with Gasteiger partial charge in [0.1, 0.15) is 17.5 Å². The molecule has 1 N–H and O–H groups in total. The van der Waals surface area contributed by atoms with Gasteiger partial charge in [-0.25, -0.2) is 13.2 Å². The summed E-state index contributed by atoms with van der Waals surface area (Å²) in [5.74, 6) is -1.34. The molecule has 0 aromatic heterocycles. The van der Waals surface area contributed by atoms with Gasteiger partial charge in [0.15, 0.2) is 0 Å². The molecule has 112 valence electrons. The molecule has 0 amide bonds. The van der Waals surface area contributed by atoms with E-state index in [1.165, 1.54) is 12.1 Å². The van der Waals surface area contributed by atoms with Crippen molar-refractivity contribution in [3.05, 3.63) is 59.4 Å². The molecule has 0 saturated carbocycles. The fraction of sp³-hybridized carbons (Fsp3) is 0.250. The van der Waals surface area contributed by atoms with E-state index in [9.17, 15) is 13.2 Å². The van der Waals surface area contributed by atoms with Gasteiger partial charge in [-0.05, 0) is 55.4 Å². The third-order valence-corrected chi connectivity index (χ3v) is 4.19. The lowest BCUT2D eigenvalue weighted by Crippen LogP contribution is -2.18. The molecule has 21 heavy (non-hydrogen) atoms. The van der Waals surface area contributed by atoms with Gasteiger partial charge in [-0.15, -0.1) is 0 Å². The molecule has 0 heterocycles. The highest BCUT2D eigenvalue weighted by Crippen LogP contribution is 2.35. The topological polar surface area (TPSA) is 12.0 Å². The van der Waals surface area contributed by atoms with Crippen LogP contribution in [0.3, 0.4) is 0 Å². The van der Waals surface area contributed by atoms with Crippen molar-refractivity contribution in [2.24, 2.45) is 0 Å². The zero-order valence-electron chi connectivity index (χ0n) is 11.8. The van der Waals surface area contributed by atoms with Crippen LogP contribution in [-0.2, 0) is 0 Å². The Morgan fingerprint density at radius 3 is 2.38 bits per heavy atom. The first-order chi connectivity index (χ1) is 10.0. The molecule has 1 atom stereocenters. The summed E-state index contributed by atoms with van der Waals surface area (Å²) in [6.45, 7) is 4.59. The van der Waals surface area contributed by atoms with Gasteiger partial charge in [-0.2, -0.15) is 0 Å². The van der Waals surface area contributed by atoms with Gasteiger partial charge in [-0.3, -0.25) is 0 Å². The van der Waals surface area contributed by atoms with Crippen LogP contribution in [0.5, 0.6) is 0 Å². The van der Waals surface area contributed by atoms with Crippen molar-refractivity contribution in [2.45, 2.75) is 29.7 Å². The van der Waals surface area contributed by atoms with Crippen molar-refractivity contribution in [1.82, 2.24) is 5.32 Å². The van der Waals surface area contributed by atoms with E-state index in [4.69, 9.17) is 0 Å². The molecule has 0 fully saturated rings. The number of benzene rings is 2. The molecule has 2 aromatic carbocycles. The van der Waals surface area contributed by atoms with Crippen LogP contribution in [0.4, 0.5) is 13.2 Å². The van der Waals surface area contributed by atoms with Gasteiger partial charge in [0, 0.05) is 10.9 Å². The third kappa shape index (κ3) is 4.02. The predicted octanol–water partition coefficient (Wildman–Crippen LogP) is 4.93. The summed E-state index contributed by atoms with van der Waals surface area (Å²) < 4.78 is 40.4. The van der Waals surface area contributed by atoms with E-state index in [2.05, 4.69) is 5.32 Å². The molecule has 0 bridgehead atoms. The Kier molecular flexibility index (Phi) is 5.31. The van der Waals surface area contributed by atoms with E-state index in [1.807, 2.05) is 13.8 Å². The maximum Gasteiger partial charge on any atom is 0.137 e. The minimum atomic E-state index is -0.498. The minimum Gasteiger partial charge on any atom is -0.310 e. The Morgan fingerprint density at radius 2 is 1.67 bits per heavy atom. The lowest BCUT2D eigenvalue weighted by atomic mass is 10.1. The standard InChI is InChI=1S/C16H16F3NS/c1-3-20-10(2)13-8-11(17)5-7-15(13)21-16-9-12(18)4-6-14(16)19/h4-10,20H,3H2,1-2H3. The lowest BCUT2D eigenvalue weighted by molar-refractivity contribution is 0.572. The average Bonchev–Trinajstić information content (AvgIpc) is 2.45. The van der Waals surface area contributed by atoms with Crippen LogP contribution in [0.15, 0.2) is 46.2 Å². The van der Waals surface area contributed by atoms with Crippen LogP contribution in [0, 0.1) is 17.5 Å². The molecule has 5 heteroatoms. The normalized spacial score (nSPS) is 12.4. The van der Waals surface area contributed by atoms with E-state index in [0.29, 0.717) is 4.90 Å². The zero-order chi connectivity index (χ0) is 15.4. The van der Waals surface area contributed by atoms with Crippen LogP contribution in [0.25, 0.3) is 0 Å². The Labute approximate surface area is 126 Å². The van der Waals surface area contributed by atoms with Crippen molar-refractivity contribution < 1.29 is 13.2 Å². The predicted molar refractivity (Wildman–Crippen MR) is 79.0 cm³/mol. The average molecular weight is 311 g/mol. The highest BCUT2D eigenvalue weighted by atomic mass is 32.2. The number of halogens is 3. The monoisotopic (exact) mass is 311 g/mol. The Hall–Kier alpha value is -1.46. The summed E-state index contributed by atoms with van der Waals surface area (Å²) in [4.78, 5) is 0.890. The Morgan fingerprint density at radius 1 is 1.00 bits per heavy atom. The molecule has 0 aliphatic carbocycles. The quantitative estimate of drug-likeness (QED) is 0.840. The molecular formula is C16H16F3NS. The number of hydrogen-bond donors (Lipinski definition) is 1. The fourth-order valence-corrected chi connectivity index (χ4v) is 3.10. The Bertz CT molecular complexity index is 631. The van der Waals surface area contributed by atoms with Gasteiger partial charge in [-0.1, -0.05) is 18.7 Å². The van der Waals surface area contributed by atoms with Crippen LogP contribution in [0.1, 0.15) is 25.5 Å². The van der Waals surface area contributed by atoms with Crippen molar-refractivity contribution in [2.75, 3.05) is 6.54 Å². The van der Waals surface area contributed by atoms with Gasteiger partial charge in [0.2, 0.25) is 0 Å². The highest BCUT2D eigenvalue weighted by molar-refractivity contribution is 7.99. The summed E-state index contributed by atoms with van der Waals surface area (Å²) in [5, 5.41) is 3.19. The van der Waals surface area contributed by atoms with Crippen LogP contribution in [0.2, 0.25) is 0 Å². The molecule has 2 aromatic rings. The summed E-state index contributed by atoms with van der Waals surface area (Å²) in [6, 6.07) is 7.57. The first-order valence-electron chi connectivity index (χ1n) is 6.67. The maximum atomic E-state index is 13.7. The SMILES string of the molecule is CCNC(C)c1cc(F)ccc1Sc1cc(F)ccc1F. The summed E-state index contributed by atoms with van der Waals surface area (Å²) in [7, 11) is 0. The van der Waals surface area contributed by atoms with Crippen LogP contribution in [-0.4, -0.2) is 6.54 Å². The Balaban J connectivity index is 2.37. The number of rotatable bonds is 5. The summed E-state index contributed by atoms with van der Waals surface area (Å²) in [5.41, 5.74) is 0.727. The highest BCUT2D eigenvalue weighted by Gasteiger charge is 2.14. The van der Waals surface area contributed by atoms with Crippen molar-refractivity contribution in [3.8, 4) is 0 Å². The fourth-order valence-electron chi connectivity index (χ4n) is 2.04. The van der Waals surface area contributed by atoms with Crippen molar-refractivity contribution in [1.29, 1.82) is 0 Å². The molecule has 0 aliphatic heterocycles. The van der Waals surface area contributed by atoms with Crippen LogP contribution >= 0.6 is 11.8 Å². The van der Waals surface area contributed by atoms with Crippen LogP contribution < -0.4 is 5.32 Å². The second-order valence-corrected chi connectivity index (χ2v) is 5.72. The zero-order valence-corrected chi connectivity index (χ0v) is 12.6. The maximum absolute atomic E-state index is 13.7. The summed E-state index contributed by atoms with van der Waals surface area (Å²) in [6.07, 6.45) is 0. The van der Waals surface area contributed by atoms with E-state index >= 15 is 0 Å². The number of nitrogens with one attached hydrogen (secondary N) is 1. The van der Waals surface area contributed by atoms with Gasteiger partial charge in [0.25, 0.3) is 0 Å². The lowest BCUT2D eigenvalue weighted by Gasteiger charge is -2.17. The summed E-state index contributed by atoms with van der Waals surface area (Å²) >= 11 is 1.10. The minimum absolute atomic E-state index is 0.0789. The molecule has 1 nitrogen and oxygen atoms in total. The second kappa shape index (κ2) is 7.00. The molecule has 2 rings (SSSR count). The molecule has 0 aliphatic rings. The molecular weight excluding hydrogens is 295 g/mol. The van der Waals surface area contributed by atoms with Gasteiger partial charge in [0.05, 0.1) is 4.90 Å². The van der Waals surface area contributed by atoms with E-state index in [-0.39, 0.29) is 16.8 Å². The largest absolute Gasteiger partial charge is 0.310 e. The van der Waals surface area contributed by atoms with Crippen molar-refractivity contribution in [3.63, 3.8) is 0 Å². The number of hydrogen-bond acceptors (Lipinski definition) is 2. The van der Waals surface area contributed by atoms with E-state index < -0.39 is 11.6 Å². The molecule has 0 spiro atoms. The first kappa shape index (κ1) is 15.9. The first-order valence-corrected chi connectivity index (χ1v) is 7.48. The smallest absolute Gasteiger partial charge is 0.137 e. The van der Waals surface area contributed by atoms with Gasteiger partial charge < -0.3 is 5.32 Å². The third-order valence-electron chi connectivity index (χ3n) is 3.06. The second-order valence-electron chi connectivity index (χ2n) is 4.64. The van der Waals surface area contributed by atoms with Crippen molar-refractivity contribution >= 4 is 11.8 Å².